The van der Waals surface area contributed by atoms with Crippen molar-refractivity contribution in [3.8, 4) is 0 Å². The Kier molecular flexibility index (Phi) is 5.54. The average Bonchev–Trinajstić information content (AvgIpc) is 2.34. The van der Waals surface area contributed by atoms with Crippen molar-refractivity contribution in [3.63, 3.8) is 0 Å². The minimum Gasteiger partial charge on any atom is -0.480 e. The van der Waals surface area contributed by atoms with E-state index in [0.717, 1.165) is 12.8 Å². The fourth-order valence-electron chi connectivity index (χ4n) is 2.21. The van der Waals surface area contributed by atoms with Crippen molar-refractivity contribution in [2.75, 3.05) is 19.8 Å². The van der Waals surface area contributed by atoms with Crippen molar-refractivity contribution < 1.29 is 25.2 Å². The number of carboxylic acids is 1. The third-order valence-electron chi connectivity index (χ3n) is 3.22. The molecule has 98 valence electrons. The van der Waals surface area contributed by atoms with Gasteiger partial charge in [0.2, 0.25) is 0 Å². The van der Waals surface area contributed by atoms with Crippen LogP contribution in [0, 0.1) is 11.8 Å². The first-order valence-electron chi connectivity index (χ1n) is 5.76. The second-order valence-corrected chi connectivity index (χ2v) is 4.28. The molecule has 2 unspecified atom stereocenters. The van der Waals surface area contributed by atoms with Crippen molar-refractivity contribution >= 4 is 11.7 Å². The van der Waals surface area contributed by atoms with E-state index in [-0.39, 0.29) is 25.0 Å². The summed E-state index contributed by atoms with van der Waals surface area (Å²) >= 11 is 0. The van der Waals surface area contributed by atoms with Crippen LogP contribution in [0.25, 0.3) is 0 Å². The van der Waals surface area contributed by atoms with Crippen LogP contribution in [0.3, 0.4) is 0 Å². The maximum atomic E-state index is 10.8. The lowest BCUT2D eigenvalue weighted by Crippen LogP contribution is -2.35. The lowest BCUT2D eigenvalue weighted by atomic mass is 9.78. The number of aliphatic imine (C=N–C) groups is 1. The molecule has 3 atom stereocenters. The Hall–Kier alpha value is -0.980. The lowest BCUT2D eigenvalue weighted by Gasteiger charge is -2.30. The third-order valence-corrected chi connectivity index (χ3v) is 3.22. The zero-order valence-corrected chi connectivity index (χ0v) is 9.62. The molecule has 4 N–H and O–H groups in total. The van der Waals surface area contributed by atoms with E-state index >= 15 is 0 Å². The molecule has 1 rings (SSSR count). The number of hydrogen-bond acceptors (Lipinski definition) is 5. The van der Waals surface area contributed by atoms with E-state index in [0.29, 0.717) is 12.1 Å². The van der Waals surface area contributed by atoms with E-state index in [1.165, 1.54) is 0 Å². The van der Waals surface area contributed by atoms with Crippen LogP contribution in [0.15, 0.2) is 4.99 Å². The van der Waals surface area contributed by atoms with Crippen molar-refractivity contribution in [1.82, 2.24) is 0 Å². The number of aliphatic hydroxyl groups excluding tert-OH is 3. The van der Waals surface area contributed by atoms with E-state index in [9.17, 15) is 15.0 Å². The summed E-state index contributed by atoms with van der Waals surface area (Å²) in [6, 6.07) is -1.17. The van der Waals surface area contributed by atoms with Gasteiger partial charge in [-0.3, -0.25) is 4.99 Å². The van der Waals surface area contributed by atoms with Gasteiger partial charge in [-0.05, 0) is 25.2 Å². The first kappa shape index (κ1) is 14.1. The van der Waals surface area contributed by atoms with Crippen LogP contribution < -0.4 is 0 Å². The van der Waals surface area contributed by atoms with Crippen molar-refractivity contribution in [3.05, 3.63) is 0 Å². The van der Waals surface area contributed by atoms with E-state index in [4.69, 9.17) is 10.2 Å². The van der Waals surface area contributed by atoms with Crippen LogP contribution in [-0.4, -0.2) is 58.0 Å². The van der Waals surface area contributed by atoms with E-state index in [2.05, 4.69) is 4.99 Å². The molecule has 6 heteroatoms. The smallest absolute Gasteiger partial charge is 0.330 e. The van der Waals surface area contributed by atoms with Crippen LogP contribution >= 0.6 is 0 Å². The monoisotopic (exact) mass is 245 g/mol. The molecule has 0 spiro atoms. The summed E-state index contributed by atoms with van der Waals surface area (Å²) in [7, 11) is 0. The molecule has 0 radical (unpaired) electrons. The van der Waals surface area contributed by atoms with Crippen LogP contribution in [0.2, 0.25) is 0 Å². The zero-order chi connectivity index (χ0) is 12.8. The Bertz CT molecular complexity index is 292. The number of nitrogens with zero attached hydrogens (tertiary/aromatic N) is 1. The molecule has 0 aromatic carbocycles. The van der Waals surface area contributed by atoms with E-state index in [1.807, 2.05) is 0 Å². The molecule has 0 aromatic rings. The SMILES string of the molecule is O=C(O)[C@H](CO)/N=C1/CCCC(CO)C1CO. The Morgan fingerprint density at radius 3 is 2.53 bits per heavy atom. The lowest BCUT2D eigenvalue weighted by molar-refractivity contribution is -0.139. The van der Waals surface area contributed by atoms with Gasteiger partial charge in [0.05, 0.1) is 13.2 Å². The molecule has 1 saturated carbocycles. The summed E-state index contributed by atoms with van der Waals surface area (Å²) < 4.78 is 0. The number of hydrogen-bond donors (Lipinski definition) is 4. The van der Waals surface area contributed by atoms with Gasteiger partial charge in [-0.15, -0.1) is 0 Å². The average molecular weight is 245 g/mol. The molecule has 0 bridgehead atoms. The number of carbonyl (C=O) groups is 1. The van der Waals surface area contributed by atoms with Crippen LogP contribution in [0.5, 0.6) is 0 Å². The van der Waals surface area contributed by atoms with Crippen molar-refractivity contribution in [1.29, 1.82) is 0 Å². The molecule has 1 aliphatic carbocycles. The minimum absolute atomic E-state index is 0.0406. The molecular weight excluding hydrogens is 226 g/mol. The van der Waals surface area contributed by atoms with Gasteiger partial charge in [-0.1, -0.05) is 0 Å². The fourth-order valence-corrected chi connectivity index (χ4v) is 2.21. The summed E-state index contributed by atoms with van der Waals surface area (Å²) in [6.07, 6.45) is 2.24. The first-order valence-corrected chi connectivity index (χ1v) is 5.76. The number of carboxylic acid groups (broad SMARTS) is 1. The minimum atomic E-state index is -1.18. The number of aliphatic carboxylic acids is 1. The van der Waals surface area contributed by atoms with Gasteiger partial charge < -0.3 is 20.4 Å². The van der Waals surface area contributed by atoms with E-state index < -0.39 is 18.6 Å². The van der Waals surface area contributed by atoms with Gasteiger partial charge in [0.1, 0.15) is 0 Å². The Morgan fingerprint density at radius 1 is 1.35 bits per heavy atom. The standard InChI is InChI=1S/C11H19NO5/c13-4-7-2-1-3-9(8(7)5-14)12-10(6-15)11(16)17/h7-8,10,13-15H,1-6H2,(H,16,17)/b12-9-/t7?,8?,10-/m0/s1. The molecule has 0 heterocycles. The highest BCUT2D eigenvalue weighted by molar-refractivity contribution is 5.90. The highest BCUT2D eigenvalue weighted by atomic mass is 16.4. The van der Waals surface area contributed by atoms with Crippen LogP contribution in [0.1, 0.15) is 19.3 Å². The Labute approximate surface area is 99.6 Å². The van der Waals surface area contributed by atoms with Gasteiger partial charge in [0, 0.05) is 18.2 Å². The van der Waals surface area contributed by atoms with Crippen LogP contribution in [-0.2, 0) is 4.79 Å². The van der Waals surface area contributed by atoms with E-state index in [1.54, 1.807) is 0 Å². The van der Waals surface area contributed by atoms with Crippen molar-refractivity contribution in [2.45, 2.75) is 25.3 Å². The fraction of sp³-hybridized carbons (Fsp3) is 0.818. The van der Waals surface area contributed by atoms with Gasteiger partial charge in [-0.25, -0.2) is 4.79 Å². The van der Waals surface area contributed by atoms with Gasteiger partial charge in [-0.2, -0.15) is 0 Å². The maximum Gasteiger partial charge on any atom is 0.330 e. The molecule has 0 aliphatic heterocycles. The molecule has 17 heavy (non-hydrogen) atoms. The van der Waals surface area contributed by atoms with Crippen LogP contribution in [0.4, 0.5) is 0 Å². The summed E-state index contributed by atoms with van der Waals surface area (Å²) in [4.78, 5) is 14.8. The number of aliphatic hydroxyl groups is 3. The van der Waals surface area contributed by atoms with Gasteiger partial charge in [0.15, 0.2) is 6.04 Å². The molecule has 0 amide bonds. The zero-order valence-electron chi connectivity index (χ0n) is 9.62. The largest absolute Gasteiger partial charge is 0.480 e. The quantitative estimate of drug-likeness (QED) is 0.510. The normalized spacial score (nSPS) is 29.2. The summed E-state index contributed by atoms with van der Waals surface area (Å²) in [6.45, 7) is -0.746. The number of rotatable bonds is 5. The predicted octanol–water partition coefficient (Wildman–Crippen LogP) is -0.726. The second kappa shape index (κ2) is 6.68. The van der Waals surface area contributed by atoms with Gasteiger partial charge >= 0.3 is 5.97 Å². The molecule has 6 nitrogen and oxygen atoms in total. The predicted molar refractivity (Wildman–Crippen MR) is 60.9 cm³/mol. The third kappa shape index (κ3) is 3.49. The summed E-state index contributed by atoms with van der Waals surface area (Å²) in [5.74, 6) is -1.54. The highest BCUT2D eigenvalue weighted by Crippen LogP contribution is 2.28. The van der Waals surface area contributed by atoms with Crippen molar-refractivity contribution in [2.24, 2.45) is 16.8 Å². The first-order chi connectivity index (χ1) is 8.13. The topological polar surface area (TPSA) is 110 Å². The Balaban J connectivity index is 2.85. The molecule has 1 aliphatic rings. The summed E-state index contributed by atoms with van der Waals surface area (Å²) in [5.41, 5.74) is 0.597. The summed E-state index contributed by atoms with van der Waals surface area (Å²) in [5, 5.41) is 36.2. The molecule has 0 aromatic heterocycles. The maximum absolute atomic E-state index is 10.8. The second-order valence-electron chi connectivity index (χ2n) is 4.28. The Morgan fingerprint density at radius 2 is 2.06 bits per heavy atom. The molecule has 1 fully saturated rings. The highest BCUT2D eigenvalue weighted by Gasteiger charge is 2.30. The molecule has 0 saturated heterocycles. The molecular formula is C11H19NO5. The van der Waals surface area contributed by atoms with Gasteiger partial charge in [0.25, 0.3) is 0 Å².